The first-order chi connectivity index (χ1) is 11.2. The average molecular weight is 367 g/mol. The molecule has 122 valence electrons. The molecule has 0 unspecified atom stereocenters. The molecule has 0 atom stereocenters. The van der Waals surface area contributed by atoms with Gasteiger partial charge in [0.05, 0.1) is 14.0 Å². The Bertz CT molecular complexity index is 617. The van der Waals surface area contributed by atoms with Crippen LogP contribution in [0.25, 0.3) is 5.57 Å². The minimum atomic E-state index is -0.512. The molecular weight excluding hydrogens is 348 g/mol. The molecule has 0 saturated carbocycles. The van der Waals surface area contributed by atoms with E-state index in [-0.39, 0.29) is 0 Å². The van der Waals surface area contributed by atoms with Gasteiger partial charge in [-0.2, -0.15) is 0 Å². The molecule has 0 amide bonds. The number of rotatable bonds is 8. The van der Waals surface area contributed by atoms with E-state index in [1.807, 2.05) is 44.2 Å². The van der Waals surface area contributed by atoms with Gasteiger partial charge < -0.3 is 9.47 Å². The second-order valence-electron chi connectivity index (χ2n) is 4.48. The van der Waals surface area contributed by atoms with Crippen LogP contribution in [0.3, 0.4) is 0 Å². The zero-order valence-corrected chi connectivity index (χ0v) is 15.4. The summed E-state index contributed by atoms with van der Waals surface area (Å²) in [7, 11) is 0. The number of aldehydes is 1. The van der Waals surface area contributed by atoms with Crippen molar-refractivity contribution in [2.75, 3.05) is 13.2 Å². The van der Waals surface area contributed by atoms with Gasteiger partial charge in [0.1, 0.15) is 0 Å². The smallest absolute Gasteiger partial charge is 0.191 e. The molecule has 1 aliphatic heterocycles. The fourth-order valence-corrected chi connectivity index (χ4v) is 4.99. The largest absolute Gasteiger partial charge is 0.348 e. The third-order valence-corrected chi connectivity index (χ3v) is 5.87. The molecule has 1 aliphatic rings. The second kappa shape index (κ2) is 9.39. The molecule has 0 aliphatic carbocycles. The van der Waals surface area contributed by atoms with Crippen LogP contribution in [0.2, 0.25) is 0 Å². The van der Waals surface area contributed by atoms with E-state index in [9.17, 15) is 4.79 Å². The summed E-state index contributed by atoms with van der Waals surface area (Å²) in [5, 5.41) is 1.66. The lowest BCUT2D eigenvalue weighted by Gasteiger charge is -2.17. The third kappa shape index (κ3) is 4.55. The van der Waals surface area contributed by atoms with Gasteiger partial charge in [-0.05, 0) is 19.4 Å². The van der Waals surface area contributed by atoms with Gasteiger partial charge in [-0.25, -0.2) is 0 Å². The Kier molecular flexibility index (Phi) is 7.52. The summed E-state index contributed by atoms with van der Waals surface area (Å²) in [4.78, 5) is 12.9. The minimum Gasteiger partial charge on any atom is -0.348 e. The summed E-state index contributed by atoms with van der Waals surface area (Å²) in [5.41, 5.74) is 1.98. The van der Waals surface area contributed by atoms with Crippen LogP contribution < -0.4 is 0 Å². The summed E-state index contributed by atoms with van der Waals surface area (Å²) in [6, 6.07) is 9.92. The predicted molar refractivity (Wildman–Crippen MR) is 102 cm³/mol. The number of carbonyl (C=O) groups excluding carboxylic acids is 1. The average Bonchev–Trinajstić information content (AvgIpc) is 3.00. The van der Waals surface area contributed by atoms with Crippen LogP contribution in [-0.4, -0.2) is 31.2 Å². The van der Waals surface area contributed by atoms with Crippen molar-refractivity contribution >= 4 is 53.0 Å². The zero-order chi connectivity index (χ0) is 16.7. The molecule has 0 radical (unpaired) electrons. The van der Waals surface area contributed by atoms with E-state index in [4.69, 9.17) is 21.7 Å². The lowest BCUT2D eigenvalue weighted by atomic mass is 10.1. The van der Waals surface area contributed by atoms with Crippen LogP contribution in [0.5, 0.6) is 0 Å². The molecule has 3 nitrogen and oxygen atoms in total. The molecule has 1 aromatic carbocycles. The van der Waals surface area contributed by atoms with E-state index in [2.05, 4.69) is 0 Å². The van der Waals surface area contributed by atoms with Crippen LogP contribution in [-0.2, 0) is 14.3 Å². The van der Waals surface area contributed by atoms with Crippen LogP contribution in [0.1, 0.15) is 19.4 Å². The molecule has 1 aromatic rings. The maximum atomic E-state index is 11.5. The van der Waals surface area contributed by atoms with Crippen molar-refractivity contribution in [3.05, 3.63) is 49.9 Å². The molecule has 0 aromatic heterocycles. The van der Waals surface area contributed by atoms with Crippen LogP contribution >= 0.6 is 35.7 Å². The van der Waals surface area contributed by atoms with Gasteiger partial charge in [-0.15, -0.1) is 0 Å². The quantitative estimate of drug-likeness (QED) is 0.289. The monoisotopic (exact) mass is 366 g/mol. The fourth-order valence-electron chi connectivity index (χ4n) is 2.03. The van der Waals surface area contributed by atoms with E-state index in [0.29, 0.717) is 18.1 Å². The number of thioether (sulfide) groups is 2. The highest BCUT2D eigenvalue weighted by atomic mass is 32.2. The highest BCUT2D eigenvalue weighted by Crippen LogP contribution is 2.52. The SMILES string of the molecule is CCOC(OCC)C1=C(C=O)S/C(=C(\C=S)c2ccccc2)S1. The summed E-state index contributed by atoms with van der Waals surface area (Å²) in [6.07, 6.45) is 0.346. The topological polar surface area (TPSA) is 35.5 Å². The Hall–Kier alpha value is -0.920. The van der Waals surface area contributed by atoms with Gasteiger partial charge in [0, 0.05) is 24.2 Å². The normalized spacial score (nSPS) is 16.8. The van der Waals surface area contributed by atoms with E-state index in [1.165, 1.54) is 23.5 Å². The summed E-state index contributed by atoms with van der Waals surface area (Å²) in [5.74, 6) is 0. The Morgan fingerprint density at radius 3 is 2.35 bits per heavy atom. The van der Waals surface area contributed by atoms with Crippen molar-refractivity contribution in [1.82, 2.24) is 0 Å². The van der Waals surface area contributed by atoms with Crippen molar-refractivity contribution in [3.63, 3.8) is 0 Å². The van der Waals surface area contributed by atoms with Crippen molar-refractivity contribution in [2.24, 2.45) is 0 Å². The standard InChI is InChI=1S/C17H18O3S3/c1-3-19-16(20-4-2)15-14(10-18)22-17(23-15)13(11-21)12-8-6-5-7-9-12/h5-11,16H,3-4H2,1-2H3/b17-13-. The maximum absolute atomic E-state index is 11.5. The highest BCUT2D eigenvalue weighted by molar-refractivity contribution is 8.29. The van der Waals surface area contributed by atoms with Gasteiger partial charge >= 0.3 is 0 Å². The minimum absolute atomic E-state index is 0.512. The first kappa shape index (κ1) is 18.4. The Balaban J connectivity index is 2.35. The van der Waals surface area contributed by atoms with Gasteiger partial charge in [-0.1, -0.05) is 66.1 Å². The van der Waals surface area contributed by atoms with Crippen molar-refractivity contribution in [2.45, 2.75) is 20.1 Å². The number of ether oxygens (including phenoxy) is 2. The molecular formula is C17H18O3S3. The fraction of sp³-hybridized carbons (Fsp3) is 0.294. The molecule has 0 N–H and O–H groups in total. The lowest BCUT2D eigenvalue weighted by molar-refractivity contribution is -0.109. The van der Waals surface area contributed by atoms with Crippen LogP contribution in [0, 0.1) is 0 Å². The molecule has 23 heavy (non-hydrogen) atoms. The zero-order valence-electron chi connectivity index (χ0n) is 13.0. The summed E-state index contributed by atoms with van der Waals surface area (Å²) >= 11 is 8.12. The van der Waals surface area contributed by atoms with Gasteiger partial charge in [0.2, 0.25) is 0 Å². The van der Waals surface area contributed by atoms with Crippen molar-refractivity contribution in [1.29, 1.82) is 0 Å². The molecule has 6 heteroatoms. The molecule has 0 fully saturated rings. The van der Waals surface area contributed by atoms with Gasteiger partial charge in [-0.3, -0.25) is 4.79 Å². The molecule has 0 spiro atoms. The maximum Gasteiger partial charge on any atom is 0.191 e. The second-order valence-corrected chi connectivity index (χ2v) is 7.08. The first-order valence-corrected chi connectivity index (χ1v) is 9.38. The number of thiocarbonyl (C=S) groups is 1. The van der Waals surface area contributed by atoms with E-state index in [0.717, 1.165) is 26.6 Å². The van der Waals surface area contributed by atoms with E-state index in [1.54, 1.807) is 5.37 Å². The van der Waals surface area contributed by atoms with Crippen LogP contribution in [0.4, 0.5) is 0 Å². The number of benzene rings is 1. The Morgan fingerprint density at radius 2 is 1.83 bits per heavy atom. The summed E-state index contributed by atoms with van der Waals surface area (Å²) in [6.45, 7) is 4.85. The highest BCUT2D eigenvalue weighted by Gasteiger charge is 2.30. The van der Waals surface area contributed by atoms with E-state index >= 15 is 0 Å². The Labute approximate surface area is 150 Å². The van der Waals surface area contributed by atoms with E-state index < -0.39 is 6.29 Å². The summed E-state index contributed by atoms with van der Waals surface area (Å²) < 4.78 is 12.2. The van der Waals surface area contributed by atoms with Gasteiger partial charge in [0.15, 0.2) is 12.6 Å². The van der Waals surface area contributed by atoms with Crippen molar-refractivity contribution in [3.8, 4) is 0 Å². The molecule has 0 bridgehead atoms. The Morgan fingerprint density at radius 1 is 1.17 bits per heavy atom. The number of hydrogen-bond acceptors (Lipinski definition) is 6. The van der Waals surface area contributed by atoms with Crippen LogP contribution in [0.15, 0.2) is 44.4 Å². The number of allylic oxidation sites excluding steroid dienone is 2. The van der Waals surface area contributed by atoms with Gasteiger partial charge in [0.25, 0.3) is 0 Å². The molecule has 2 rings (SSSR count). The molecule has 0 saturated heterocycles. The number of hydrogen-bond donors (Lipinski definition) is 0. The number of carbonyl (C=O) groups is 1. The first-order valence-electron chi connectivity index (χ1n) is 7.28. The predicted octanol–water partition coefficient (Wildman–Crippen LogP) is 4.64. The molecule has 1 heterocycles. The lowest BCUT2D eigenvalue weighted by Crippen LogP contribution is -2.18. The third-order valence-electron chi connectivity index (χ3n) is 3.03. The van der Waals surface area contributed by atoms with Crippen molar-refractivity contribution < 1.29 is 14.3 Å².